The van der Waals surface area contributed by atoms with Gasteiger partial charge in [0, 0.05) is 25.9 Å². The zero-order chi connectivity index (χ0) is 16.9. The van der Waals surface area contributed by atoms with E-state index in [-0.39, 0.29) is 11.9 Å². The Morgan fingerprint density at radius 1 is 1.42 bits per heavy atom. The van der Waals surface area contributed by atoms with E-state index >= 15 is 0 Å². The molecule has 0 unspecified atom stereocenters. The number of rotatable bonds is 4. The summed E-state index contributed by atoms with van der Waals surface area (Å²) in [5.74, 6) is 2.58. The molecule has 24 heavy (non-hydrogen) atoms. The molecule has 2 aromatic heterocycles. The molecule has 2 aromatic rings. The molecule has 7 nitrogen and oxygen atoms in total. The van der Waals surface area contributed by atoms with Crippen LogP contribution in [0.2, 0.25) is 0 Å². The highest BCUT2D eigenvalue weighted by atomic mass is 32.2. The molecule has 0 bridgehead atoms. The SMILES string of the molecule is CCSc1ccc(NC(=O)N2CCC(c3noc(C)n3)CC2)cn1. The lowest BCUT2D eigenvalue weighted by Gasteiger charge is -2.30. The Hall–Kier alpha value is -2.09. The van der Waals surface area contributed by atoms with Gasteiger partial charge in [0.2, 0.25) is 5.89 Å². The van der Waals surface area contributed by atoms with Crippen LogP contribution in [0.3, 0.4) is 0 Å². The Morgan fingerprint density at radius 3 is 2.79 bits per heavy atom. The van der Waals surface area contributed by atoms with Gasteiger partial charge in [0.05, 0.1) is 16.9 Å². The van der Waals surface area contributed by atoms with E-state index in [1.165, 1.54) is 0 Å². The van der Waals surface area contributed by atoms with Gasteiger partial charge < -0.3 is 14.7 Å². The third-order valence-corrected chi connectivity index (χ3v) is 4.80. The average molecular weight is 347 g/mol. The van der Waals surface area contributed by atoms with Crippen molar-refractivity contribution in [1.82, 2.24) is 20.0 Å². The predicted molar refractivity (Wildman–Crippen MR) is 92.2 cm³/mol. The van der Waals surface area contributed by atoms with Crippen molar-refractivity contribution in [1.29, 1.82) is 0 Å². The van der Waals surface area contributed by atoms with Gasteiger partial charge in [-0.3, -0.25) is 0 Å². The number of piperidine rings is 1. The number of nitrogens with zero attached hydrogens (tertiary/aromatic N) is 4. The lowest BCUT2D eigenvalue weighted by atomic mass is 9.96. The molecule has 3 rings (SSSR count). The first-order valence-electron chi connectivity index (χ1n) is 8.10. The highest BCUT2D eigenvalue weighted by molar-refractivity contribution is 7.99. The number of nitrogens with one attached hydrogen (secondary N) is 1. The fraction of sp³-hybridized carbons (Fsp3) is 0.500. The number of likely N-dealkylation sites (tertiary alicyclic amines) is 1. The van der Waals surface area contributed by atoms with Crippen molar-refractivity contribution in [2.75, 3.05) is 24.2 Å². The number of amides is 2. The van der Waals surface area contributed by atoms with Gasteiger partial charge in [-0.15, -0.1) is 11.8 Å². The lowest BCUT2D eigenvalue weighted by molar-refractivity contribution is 0.193. The molecule has 0 aliphatic carbocycles. The van der Waals surface area contributed by atoms with Gasteiger partial charge in [-0.05, 0) is 30.7 Å². The van der Waals surface area contributed by atoms with Gasteiger partial charge in [0.15, 0.2) is 5.82 Å². The number of thioether (sulfide) groups is 1. The number of hydrogen-bond acceptors (Lipinski definition) is 6. The van der Waals surface area contributed by atoms with Gasteiger partial charge in [0.25, 0.3) is 0 Å². The van der Waals surface area contributed by atoms with Gasteiger partial charge in [-0.1, -0.05) is 12.1 Å². The quantitative estimate of drug-likeness (QED) is 0.854. The number of carbonyl (C=O) groups excluding carboxylic acids is 1. The Bertz CT molecular complexity index is 680. The van der Waals surface area contributed by atoms with Crippen molar-refractivity contribution in [3.05, 3.63) is 30.0 Å². The topological polar surface area (TPSA) is 84.2 Å². The fourth-order valence-electron chi connectivity index (χ4n) is 2.71. The summed E-state index contributed by atoms with van der Waals surface area (Å²) < 4.78 is 5.04. The summed E-state index contributed by atoms with van der Waals surface area (Å²) in [5.41, 5.74) is 0.719. The standard InChI is InChI=1S/C16H21N5O2S/c1-3-24-14-5-4-13(10-17-14)19-16(22)21-8-6-12(7-9-21)15-18-11(2)23-20-15/h4-5,10,12H,3,6-9H2,1-2H3,(H,19,22). The minimum atomic E-state index is -0.0876. The number of urea groups is 1. The van der Waals surface area contributed by atoms with Crippen molar-refractivity contribution < 1.29 is 9.32 Å². The molecule has 0 saturated carbocycles. The summed E-state index contributed by atoms with van der Waals surface area (Å²) >= 11 is 1.68. The Kier molecular flexibility index (Phi) is 5.34. The number of aromatic nitrogens is 3. The van der Waals surface area contributed by atoms with Crippen molar-refractivity contribution >= 4 is 23.5 Å². The van der Waals surface area contributed by atoms with Crippen LogP contribution >= 0.6 is 11.8 Å². The molecule has 0 aromatic carbocycles. The Morgan fingerprint density at radius 2 is 2.21 bits per heavy atom. The maximum Gasteiger partial charge on any atom is 0.321 e. The minimum Gasteiger partial charge on any atom is -0.340 e. The van der Waals surface area contributed by atoms with E-state index in [0.717, 1.165) is 35.1 Å². The molecule has 1 fully saturated rings. The number of carbonyl (C=O) groups is 1. The molecule has 3 heterocycles. The summed E-state index contributed by atoms with van der Waals surface area (Å²) in [6.07, 6.45) is 3.39. The first-order valence-corrected chi connectivity index (χ1v) is 9.09. The third kappa shape index (κ3) is 4.05. The highest BCUT2D eigenvalue weighted by Gasteiger charge is 2.26. The van der Waals surface area contributed by atoms with Gasteiger partial charge in [-0.25, -0.2) is 9.78 Å². The normalized spacial score (nSPS) is 15.5. The van der Waals surface area contributed by atoms with Gasteiger partial charge >= 0.3 is 6.03 Å². The first kappa shape index (κ1) is 16.8. The van der Waals surface area contributed by atoms with E-state index < -0.39 is 0 Å². The molecular weight excluding hydrogens is 326 g/mol. The smallest absolute Gasteiger partial charge is 0.321 e. The van der Waals surface area contributed by atoms with E-state index in [1.807, 2.05) is 17.0 Å². The predicted octanol–water partition coefficient (Wildman–Crippen LogP) is 3.30. The van der Waals surface area contributed by atoms with Crippen molar-refractivity contribution in [3.8, 4) is 0 Å². The average Bonchev–Trinajstić information content (AvgIpc) is 3.03. The molecule has 1 aliphatic rings. The van der Waals surface area contributed by atoms with Gasteiger partial charge in [-0.2, -0.15) is 4.98 Å². The number of pyridine rings is 1. The van der Waals surface area contributed by atoms with Crippen LogP contribution in [0.4, 0.5) is 10.5 Å². The van der Waals surface area contributed by atoms with Crippen LogP contribution in [-0.4, -0.2) is 44.9 Å². The molecule has 1 aliphatic heterocycles. The van der Waals surface area contributed by atoms with Crippen LogP contribution in [0, 0.1) is 6.92 Å². The number of aryl methyl sites for hydroxylation is 1. The molecule has 0 atom stereocenters. The summed E-state index contributed by atoms with van der Waals surface area (Å²) in [5, 5.41) is 7.85. The molecule has 1 saturated heterocycles. The second-order valence-electron chi connectivity index (χ2n) is 5.68. The van der Waals surface area contributed by atoms with Crippen LogP contribution in [0.15, 0.2) is 27.9 Å². The van der Waals surface area contributed by atoms with Crippen LogP contribution in [0.5, 0.6) is 0 Å². The zero-order valence-electron chi connectivity index (χ0n) is 13.9. The lowest BCUT2D eigenvalue weighted by Crippen LogP contribution is -2.40. The highest BCUT2D eigenvalue weighted by Crippen LogP contribution is 2.26. The van der Waals surface area contributed by atoms with Crippen molar-refractivity contribution in [2.45, 2.75) is 37.6 Å². The molecule has 8 heteroatoms. The minimum absolute atomic E-state index is 0.0876. The molecule has 1 N–H and O–H groups in total. The van der Waals surface area contributed by atoms with Crippen LogP contribution in [0.1, 0.15) is 37.4 Å². The molecule has 0 radical (unpaired) electrons. The summed E-state index contributed by atoms with van der Waals surface area (Å²) in [7, 11) is 0. The molecule has 2 amide bonds. The summed E-state index contributed by atoms with van der Waals surface area (Å²) in [4.78, 5) is 22.8. The van der Waals surface area contributed by atoms with E-state index in [4.69, 9.17) is 4.52 Å². The first-order chi connectivity index (χ1) is 11.7. The van der Waals surface area contributed by atoms with Crippen LogP contribution in [-0.2, 0) is 0 Å². The van der Waals surface area contributed by atoms with E-state index in [9.17, 15) is 4.79 Å². The number of anilines is 1. The second kappa shape index (κ2) is 7.65. The monoisotopic (exact) mass is 347 g/mol. The molecule has 0 spiro atoms. The third-order valence-electron chi connectivity index (χ3n) is 3.97. The van der Waals surface area contributed by atoms with E-state index in [0.29, 0.717) is 19.0 Å². The Balaban J connectivity index is 1.51. The van der Waals surface area contributed by atoms with Crippen LogP contribution in [0.25, 0.3) is 0 Å². The van der Waals surface area contributed by atoms with Gasteiger partial charge in [0.1, 0.15) is 0 Å². The Labute approximate surface area is 145 Å². The zero-order valence-corrected chi connectivity index (χ0v) is 14.7. The maximum absolute atomic E-state index is 12.4. The fourth-order valence-corrected chi connectivity index (χ4v) is 3.30. The summed E-state index contributed by atoms with van der Waals surface area (Å²) in [6, 6.07) is 3.72. The maximum atomic E-state index is 12.4. The van der Waals surface area contributed by atoms with Crippen LogP contribution < -0.4 is 5.32 Å². The van der Waals surface area contributed by atoms with Crippen molar-refractivity contribution in [2.24, 2.45) is 0 Å². The molecule has 128 valence electrons. The summed E-state index contributed by atoms with van der Waals surface area (Å²) in [6.45, 7) is 5.24. The van der Waals surface area contributed by atoms with E-state index in [2.05, 4.69) is 27.4 Å². The number of hydrogen-bond donors (Lipinski definition) is 1. The molecular formula is C16H21N5O2S. The van der Waals surface area contributed by atoms with E-state index in [1.54, 1.807) is 24.9 Å². The second-order valence-corrected chi connectivity index (χ2v) is 6.97. The largest absolute Gasteiger partial charge is 0.340 e. The van der Waals surface area contributed by atoms with Crippen molar-refractivity contribution in [3.63, 3.8) is 0 Å².